The molecule has 8 nitrogen and oxygen atoms in total. The highest BCUT2D eigenvalue weighted by Gasteiger charge is 2.20. The lowest BCUT2D eigenvalue weighted by molar-refractivity contribution is -0.116. The highest BCUT2D eigenvalue weighted by molar-refractivity contribution is 9.10. The van der Waals surface area contributed by atoms with E-state index in [1.807, 2.05) is 42.5 Å². The number of fused-ring (bicyclic) bond motifs is 1. The van der Waals surface area contributed by atoms with Crippen LogP contribution < -0.4 is 15.1 Å². The van der Waals surface area contributed by atoms with Crippen LogP contribution in [0.3, 0.4) is 0 Å². The molecule has 2 aliphatic heterocycles. The van der Waals surface area contributed by atoms with Gasteiger partial charge in [-0.3, -0.25) is 19.1 Å². The van der Waals surface area contributed by atoms with Gasteiger partial charge >= 0.3 is 4.87 Å². The molecular weight excluding hydrogens is 520 g/mol. The van der Waals surface area contributed by atoms with E-state index in [0.29, 0.717) is 23.8 Å². The van der Waals surface area contributed by atoms with E-state index in [2.05, 4.69) is 31.1 Å². The van der Waals surface area contributed by atoms with Crippen molar-refractivity contribution < 1.29 is 14.6 Å². The van der Waals surface area contributed by atoms with Crippen LogP contribution in [0.5, 0.6) is 5.88 Å². The molecule has 3 aromatic rings. The van der Waals surface area contributed by atoms with Crippen molar-refractivity contribution in [2.75, 3.05) is 36.5 Å². The fraction of sp³-hybridized carbons (Fsp3) is 0.208. The Hall–Kier alpha value is -3.21. The second kappa shape index (κ2) is 9.57. The molecule has 0 aliphatic carbocycles. The van der Waals surface area contributed by atoms with Crippen molar-refractivity contribution in [3.8, 4) is 5.88 Å². The number of carbonyl (C=O) groups excluding carboxylic acids is 1. The molecule has 2 aromatic carbocycles. The molecule has 1 aromatic heterocycles. The van der Waals surface area contributed by atoms with E-state index < -0.39 is 10.8 Å². The van der Waals surface area contributed by atoms with Crippen molar-refractivity contribution in [3.63, 3.8) is 0 Å². The molecule has 10 heteroatoms. The van der Waals surface area contributed by atoms with Gasteiger partial charge in [0.05, 0.1) is 35.2 Å². The van der Waals surface area contributed by atoms with Crippen LogP contribution in [0.1, 0.15) is 10.4 Å². The SMILES string of the molecule is O=C(Cn1c(O)c(C=C2C=Nc3ccc(Br)cc32)sc1=O)Nc1ccccc1N1CCOCC1. The Morgan fingerprint density at radius 3 is 2.85 bits per heavy atom. The van der Waals surface area contributed by atoms with Crippen LogP contribution in [-0.4, -0.2) is 48.1 Å². The standard InChI is InChI=1S/C24H21BrN4O4S/c25-16-5-6-18-17(12-16)15(13-26-18)11-21-23(31)29(24(32)34-21)14-22(30)27-19-3-1-2-4-20(19)28-7-9-33-10-8-28/h1-6,11-13,31H,7-10,14H2,(H,27,30). The number of hydrogen-bond donors (Lipinski definition) is 2. The van der Waals surface area contributed by atoms with Crippen molar-refractivity contribution >= 4 is 68.1 Å². The van der Waals surface area contributed by atoms with Crippen molar-refractivity contribution in [1.82, 2.24) is 4.57 Å². The lowest BCUT2D eigenvalue weighted by atomic mass is 10.1. The average molecular weight is 541 g/mol. The number of ether oxygens (including phenoxy) is 1. The van der Waals surface area contributed by atoms with Gasteiger partial charge in [-0.05, 0) is 36.4 Å². The van der Waals surface area contributed by atoms with Gasteiger partial charge in [0.25, 0.3) is 0 Å². The predicted molar refractivity (Wildman–Crippen MR) is 139 cm³/mol. The van der Waals surface area contributed by atoms with Crippen LogP contribution in [0.25, 0.3) is 11.6 Å². The molecule has 0 bridgehead atoms. The van der Waals surface area contributed by atoms with Crippen LogP contribution in [-0.2, 0) is 16.1 Å². The minimum atomic E-state index is -0.412. The zero-order chi connectivity index (χ0) is 23.7. The van der Waals surface area contributed by atoms with Gasteiger partial charge in [0, 0.05) is 34.9 Å². The van der Waals surface area contributed by atoms with Gasteiger partial charge < -0.3 is 20.1 Å². The number of benzene rings is 2. The first-order valence-electron chi connectivity index (χ1n) is 10.7. The van der Waals surface area contributed by atoms with Crippen LogP contribution in [0.2, 0.25) is 0 Å². The van der Waals surface area contributed by atoms with Gasteiger partial charge in [0.15, 0.2) is 0 Å². The van der Waals surface area contributed by atoms with Gasteiger partial charge in [-0.15, -0.1) is 0 Å². The molecule has 1 amide bonds. The molecule has 2 N–H and O–H groups in total. The number of nitrogens with one attached hydrogen (secondary N) is 1. The molecule has 174 valence electrons. The topological polar surface area (TPSA) is 96.2 Å². The van der Waals surface area contributed by atoms with Gasteiger partial charge in [-0.2, -0.15) is 0 Å². The number of aromatic nitrogens is 1. The second-order valence-electron chi connectivity index (χ2n) is 7.83. The number of anilines is 2. The van der Waals surface area contributed by atoms with Crippen LogP contribution in [0.15, 0.2) is 56.7 Å². The molecule has 0 saturated carbocycles. The minimum absolute atomic E-state index is 0.240. The summed E-state index contributed by atoms with van der Waals surface area (Å²) in [6, 6.07) is 13.3. The second-order valence-corrected chi connectivity index (χ2v) is 9.73. The van der Waals surface area contributed by atoms with Crippen molar-refractivity contribution in [2.24, 2.45) is 4.99 Å². The maximum absolute atomic E-state index is 12.8. The lowest BCUT2D eigenvalue weighted by Gasteiger charge is -2.30. The molecule has 3 heterocycles. The number of carbonyl (C=O) groups is 1. The molecule has 0 spiro atoms. The first kappa shape index (κ1) is 22.6. The maximum atomic E-state index is 12.8. The number of para-hydroxylation sites is 2. The largest absolute Gasteiger partial charge is 0.493 e. The van der Waals surface area contributed by atoms with E-state index in [9.17, 15) is 14.7 Å². The third kappa shape index (κ3) is 4.56. The molecular formula is C24H21BrN4O4S. The predicted octanol–water partition coefficient (Wildman–Crippen LogP) is 4.11. The first-order chi connectivity index (χ1) is 16.5. The number of hydrogen-bond acceptors (Lipinski definition) is 7. The highest BCUT2D eigenvalue weighted by atomic mass is 79.9. The van der Waals surface area contributed by atoms with Crippen LogP contribution in [0, 0.1) is 0 Å². The van der Waals surface area contributed by atoms with Crippen LogP contribution in [0.4, 0.5) is 17.1 Å². The van der Waals surface area contributed by atoms with E-state index in [1.54, 1.807) is 12.3 Å². The molecule has 2 aliphatic rings. The number of morpholine rings is 1. The Labute approximate surface area is 208 Å². The van der Waals surface area contributed by atoms with Crippen molar-refractivity contribution in [3.05, 3.63) is 67.0 Å². The molecule has 0 radical (unpaired) electrons. The van der Waals surface area contributed by atoms with Crippen molar-refractivity contribution in [2.45, 2.75) is 6.54 Å². The number of aromatic hydroxyl groups is 1. The number of halogens is 1. The fourth-order valence-corrected chi connectivity index (χ4v) is 5.16. The summed E-state index contributed by atoms with van der Waals surface area (Å²) in [6.45, 7) is 2.44. The number of amides is 1. The summed E-state index contributed by atoms with van der Waals surface area (Å²) in [5.41, 5.74) is 4.06. The Morgan fingerprint density at radius 2 is 2.03 bits per heavy atom. The minimum Gasteiger partial charge on any atom is -0.493 e. The summed E-state index contributed by atoms with van der Waals surface area (Å²) in [7, 11) is 0. The quantitative estimate of drug-likeness (QED) is 0.507. The van der Waals surface area contributed by atoms with E-state index in [4.69, 9.17) is 4.74 Å². The van der Waals surface area contributed by atoms with E-state index in [-0.39, 0.29) is 12.4 Å². The lowest BCUT2D eigenvalue weighted by Crippen LogP contribution is -2.37. The van der Waals surface area contributed by atoms with E-state index in [0.717, 1.165) is 56.0 Å². The average Bonchev–Trinajstić information content (AvgIpc) is 3.35. The van der Waals surface area contributed by atoms with Gasteiger partial charge in [-0.25, -0.2) is 0 Å². The molecule has 0 unspecified atom stereocenters. The monoisotopic (exact) mass is 540 g/mol. The number of thiazole rings is 1. The summed E-state index contributed by atoms with van der Waals surface area (Å²) in [4.78, 5) is 31.9. The fourth-order valence-electron chi connectivity index (χ4n) is 3.96. The first-order valence-corrected chi connectivity index (χ1v) is 12.3. The zero-order valence-corrected chi connectivity index (χ0v) is 20.4. The number of aliphatic imine (C=N–C) groups is 1. The summed E-state index contributed by atoms with van der Waals surface area (Å²) >= 11 is 4.34. The van der Waals surface area contributed by atoms with Gasteiger partial charge in [0.2, 0.25) is 11.8 Å². The molecule has 5 rings (SSSR count). The van der Waals surface area contributed by atoms with E-state index >= 15 is 0 Å². The highest BCUT2D eigenvalue weighted by Crippen LogP contribution is 2.36. The third-order valence-corrected chi connectivity index (χ3v) is 7.03. The Kier molecular flexibility index (Phi) is 6.36. The van der Waals surface area contributed by atoms with Crippen molar-refractivity contribution in [1.29, 1.82) is 0 Å². The summed E-state index contributed by atoms with van der Waals surface area (Å²) in [5.74, 6) is -0.636. The Morgan fingerprint density at radius 1 is 1.24 bits per heavy atom. The number of rotatable bonds is 5. The molecule has 0 atom stereocenters. The third-order valence-electron chi connectivity index (χ3n) is 5.62. The summed E-state index contributed by atoms with van der Waals surface area (Å²) in [5, 5.41) is 13.6. The number of nitrogens with zero attached hydrogens (tertiary/aromatic N) is 3. The van der Waals surface area contributed by atoms with Gasteiger partial charge in [0.1, 0.15) is 6.54 Å². The normalized spacial score (nSPS) is 16.1. The zero-order valence-electron chi connectivity index (χ0n) is 18.0. The Bertz CT molecular complexity index is 1370. The molecule has 1 saturated heterocycles. The maximum Gasteiger partial charge on any atom is 0.311 e. The smallest absolute Gasteiger partial charge is 0.311 e. The Balaban J connectivity index is 1.35. The molecule has 1 fully saturated rings. The molecule has 34 heavy (non-hydrogen) atoms. The summed E-state index contributed by atoms with van der Waals surface area (Å²) in [6.07, 6.45) is 3.41. The van der Waals surface area contributed by atoms with Crippen LogP contribution >= 0.6 is 27.3 Å². The summed E-state index contributed by atoms with van der Waals surface area (Å²) < 4.78 is 7.40. The van der Waals surface area contributed by atoms with E-state index in [1.165, 1.54) is 0 Å². The number of allylic oxidation sites excluding steroid dienone is 1. The van der Waals surface area contributed by atoms with Gasteiger partial charge in [-0.1, -0.05) is 39.4 Å².